The molecule has 1 heterocycles. The van der Waals surface area contributed by atoms with Crippen molar-refractivity contribution in [2.24, 2.45) is 10.7 Å². The lowest BCUT2D eigenvalue weighted by Crippen LogP contribution is -2.24. The summed E-state index contributed by atoms with van der Waals surface area (Å²) in [5, 5.41) is 3.27. The van der Waals surface area contributed by atoms with Gasteiger partial charge in [-0.05, 0) is 30.9 Å². The molecule has 0 aliphatic heterocycles. The number of aliphatic imine (C=N–C) groups is 1. The van der Waals surface area contributed by atoms with Gasteiger partial charge in [0.25, 0.3) is 0 Å². The minimum Gasteiger partial charge on any atom is -0.370 e. The number of aromatic nitrogens is 1. The van der Waals surface area contributed by atoms with Gasteiger partial charge in [-0.1, -0.05) is 32.0 Å². The predicted octanol–water partition coefficient (Wildman–Crippen LogP) is 3.50. The highest BCUT2D eigenvalue weighted by atomic mass is 32.1. The van der Waals surface area contributed by atoms with Gasteiger partial charge in [-0.3, -0.25) is 0 Å². The Labute approximate surface area is 130 Å². The maximum atomic E-state index is 6.04. The van der Waals surface area contributed by atoms with Gasteiger partial charge in [-0.25, -0.2) is 9.98 Å². The van der Waals surface area contributed by atoms with Crippen LogP contribution in [0.3, 0.4) is 0 Å². The fourth-order valence-electron chi connectivity index (χ4n) is 2.21. The average molecular weight is 302 g/mol. The van der Waals surface area contributed by atoms with Gasteiger partial charge in [0.05, 0.1) is 17.7 Å². The second-order valence-corrected chi connectivity index (χ2v) is 5.79. The van der Waals surface area contributed by atoms with E-state index >= 15 is 0 Å². The number of guanidine groups is 1. The Morgan fingerprint density at radius 1 is 1.29 bits per heavy atom. The van der Waals surface area contributed by atoms with Crippen molar-refractivity contribution in [3.63, 3.8) is 0 Å². The molecule has 1 aromatic carbocycles. The molecular formula is C16H22N4S. The third-order valence-corrected chi connectivity index (χ3v) is 4.41. The largest absolute Gasteiger partial charge is 0.370 e. The molecule has 2 rings (SSSR count). The van der Waals surface area contributed by atoms with Gasteiger partial charge in [0, 0.05) is 10.6 Å². The Balaban J connectivity index is 2.15. The summed E-state index contributed by atoms with van der Waals surface area (Å²) in [6.45, 7) is 6.86. The molecule has 0 radical (unpaired) electrons. The van der Waals surface area contributed by atoms with E-state index in [9.17, 15) is 0 Å². The topological polar surface area (TPSA) is 63.3 Å². The van der Waals surface area contributed by atoms with Crippen LogP contribution >= 0.6 is 11.3 Å². The van der Waals surface area contributed by atoms with E-state index in [1.165, 1.54) is 11.1 Å². The second kappa shape index (κ2) is 7.22. The van der Waals surface area contributed by atoms with Crippen molar-refractivity contribution in [2.45, 2.75) is 40.2 Å². The third kappa shape index (κ3) is 3.82. The van der Waals surface area contributed by atoms with Crippen LogP contribution in [0.5, 0.6) is 0 Å². The van der Waals surface area contributed by atoms with Gasteiger partial charge in [0.1, 0.15) is 0 Å². The van der Waals surface area contributed by atoms with Gasteiger partial charge >= 0.3 is 0 Å². The lowest BCUT2D eigenvalue weighted by atomic mass is 10.0. The summed E-state index contributed by atoms with van der Waals surface area (Å²) < 4.78 is 0. The van der Waals surface area contributed by atoms with Crippen LogP contribution in [0.25, 0.3) is 0 Å². The summed E-state index contributed by atoms with van der Waals surface area (Å²) in [7, 11) is 0. The van der Waals surface area contributed by atoms with Crippen molar-refractivity contribution in [1.82, 2.24) is 4.98 Å². The average Bonchev–Trinajstić information content (AvgIpc) is 2.90. The first-order valence-corrected chi connectivity index (χ1v) is 8.10. The first-order valence-electron chi connectivity index (χ1n) is 7.22. The van der Waals surface area contributed by atoms with Crippen LogP contribution in [0.4, 0.5) is 5.69 Å². The Bertz CT molecular complexity index is 609. The van der Waals surface area contributed by atoms with Crippen molar-refractivity contribution in [1.29, 1.82) is 0 Å². The van der Waals surface area contributed by atoms with E-state index in [4.69, 9.17) is 5.73 Å². The Kier molecular flexibility index (Phi) is 5.33. The van der Waals surface area contributed by atoms with Crippen molar-refractivity contribution in [3.8, 4) is 0 Å². The maximum Gasteiger partial charge on any atom is 0.193 e. The number of hydrogen-bond donors (Lipinski definition) is 2. The number of rotatable bonds is 5. The van der Waals surface area contributed by atoms with Crippen LogP contribution in [-0.4, -0.2) is 10.9 Å². The van der Waals surface area contributed by atoms with Crippen molar-refractivity contribution >= 4 is 23.0 Å². The van der Waals surface area contributed by atoms with Crippen molar-refractivity contribution < 1.29 is 0 Å². The van der Waals surface area contributed by atoms with Crippen LogP contribution in [0.2, 0.25) is 0 Å². The minimum atomic E-state index is 0.457. The van der Waals surface area contributed by atoms with Gasteiger partial charge in [0.2, 0.25) is 0 Å². The normalized spacial score (nSPS) is 11.7. The molecule has 0 amide bonds. The number of aryl methyl sites for hydroxylation is 3. The summed E-state index contributed by atoms with van der Waals surface area (Å²) >= 11 is 1.61. The summed E-state index contributed by atoms with van der Waals surface area (Å²) in [6.07, 6.45) is 1.94. The zero-order valence-corrected chi connectivity index (χ0v) is 13.6. The molecule has 1 aromatic heterocycles. The highest BCUT2D eigenvalue weighted by Gasteiger charge is 2.07. The predicted molar refractivity (Wildman–Crippen MR) is 91.0 cm³/mol. The molecule has 0 saturated carbocycles. The molecule has 0 bridgehead atoms. The number of thiazole rings is 1. The molecule has 0 saturated heterocycles. The van der Waals surface area contributed by atoms with Crippen molar-refractivity contribution in [2.75, 3.05) is 5.32 Å². The molecule has 0 aliphatic rings. The van der Waals surface area contributed by atoms with Crippen LogP contribution in [0.1, 0.15) is 35.5 Å². The fraction of sp³-hybridized carbons (Fsp3) is 0.375. The summed E-state index contributed by atoms with van der Waals surface area (Å²) in [5.41, 5.74) is 12.5. The molecule has 0 fully saturated rings. The second-order valence-electron chi connectivity index (χ2n) is 4.85. The SMILES string of the molecule is CCc1cccc(CC)c1NC(N)=NCc1scnc1C. The standard InChI is InChI=1S/C16H22N4S/c1-4-12-7-6-8-13(5-2)15(12)20-16(17)18-9-14-11(3)19-10-21-14/h6-8,10H,4-5,9H2,1-3H3,(H3,17,18,20). The summed E-state index contributed by atoms with van der Waals surface area (Å²) in [4.78, 5) is 9.80. The number of benzene rings is 1. The quantitative estimate of drug-likeness (QED) is 0.656. The molecule has 2 aromatic rings. The molecule has 3 N–H and O–H groups in total. The molecule has 21 heavy (non-hydrogen) atoms. The molecule has 0 atom stereocenters. The molecule has 112 valence electrons. The van der Waals surface area contributed by atoms with Crippen LogP contribution in [0.15, 0.2) is 28.7 Å². The van der Waals surface area contributed by atoms with Crippen LogP contribution in [0, 0.1) is 6.92 Å². The third-order valence-electron chi connectivity index (χ3n) is 3.49. The van der Waals surface area contributed by atoms with E-state index in [2.05, 4.69) is 47.3 Å². The molecule has 4 nitrogen and oxygen atoms in total. The molecule has 0 aliphatic carbocycles. The first-order chi connectivity index (χ1) is 10.2. The molecule has 0 unspecified atom stereocenters. The molecule has 0 spiro atoms. The fourth-order valence-corrected chi connectivity index (χ4v) is 2.91. The van der Waals surface area contributed by atoms with E-state index in [-0.39, 0.29) is 0 Å². The number of para-hydroxylation sites is 1. The number of anilines is 1. The highest BCUT2D eigenvalue weighted by molar-refractivity contribution is 7.09. The Hall–Kier alpha value is -1.88. The van der Waals surface area contributed by atoms with Gasteiger partial charge in [-0.15, -0.1) is 11.3 Å². The number of nitrogens with two attached hydrogens (primary N) is 1. The van der Waals surface area contributed by atoms with Crippen molar-refractivity contribution in [3.05, 3.63) is 45.4 Å². The number of nitrogens with one attached hydrogen (secondary N) is 1. The monoisotopic (exact) mass is 302 g/mol. The Morgan fingerprint density at radius 3 is 2.48 bits per heavy atom. The lowest BCUT2D eigenvalue weighted by Gasteiger charge is -2.14. The van der Waals surface area contributed by atoms with E-state index in [0.717, 1.165) is 29.1 Å². The van der Waals surface area contributed by atoms with Crippen LogP contribution in [-0.2, 0) is 19.4 Å². The van der Waals surface area contributed by atoms with Gasteiger partial charge in [0.15, 0.2) is 5.96 Å². The van der Waals surface area contributed by atoms with E-state index < -0.39 is 0 Å². The lowest BCUT2D eigenvalue weighted by molar-refractivity contribution is 1.05. The van der Waals surface area contributed by atoms with Crippen LogP contribution < -0.4 is 11.1 Å². The Morgan fingerprint density at radius 2 is 1.95 bits per heavy atom. The van der Waals surface area contributed by atoms with Gasteiger partial charge in [-0.2, -0.15) is 0 Å². The summed E-state index contributed by atoms with van der Waals surface area (Å²) in [6, 6.07) is 6.35. The zero-order chi connectivity index (χ0) is 15.2. The van der Waals surface area contributed by atoms with E-state index in [1.807, 2.05) is 12.4 Å². The van der Waals surface area contributed by atoms with E-state index in [1.54, 1.807) is 11.3 Å². The zero-order valence-electron chi connectivity index (χ0n) is 12.8. The molecular weight excluding hydrogens is 280 g/mol. The summed E-state index contributed by atoms with van der Waals surface area (Å²) in [5.74, 6) is 0.457. The first kappa shape index (κ1) is 15.5. The smallest absolute Gasteiger partial charge is 0.193 e. The number of hydrogen-bond acceptors (Lipinski definition) is 3. The highest BCUT2D eigenvalue weighted by Crippen LogP contribution is 2.22. The maximum absolute atomic E-state index is 6.04. The number of nitrogens with zero attached hydrogens (tertiary/aromatic N) is 2. The molecule has 5 heteroatoms. The van der Waals surface area contributed by atoms with Gasteiger partial charge < -0.3 is 11.1 Å². The minimum absolute atomic E-state index is 0.457. The van der Waals surface area contributed by atoms with E-state index in [0.29, 0.717) is 12.5 Å².